The number of rotatable bonds is 0. The molecule has 40 valence electrons. The van der Waals surface area contributed by atoms with Crippen molar-refractivity contribution in [3.63, 3.8) is 0 Å². The Morgan fingerprint density at radius 3 is 1.00 bits per heavy atom. The van der Waals surface area contributed by atoms with E-state index < -0.39 is 10.4 Å². The Morgan fingerprint density at radius 1 is 1.00 bits per heavy atom. The molecule has 9 heteroatoms. The van der Waals surface area contributed by atoms with Crippen molar-refractivity contribution >= 4 is 33.5 Å². The van der Waals surface area contributed by atoms with E-state index >= 15 is 0 Å². The predicted molar refractivity (Wildman–Crippen MR) is 16.2 cm³/mol. The van der Waals surface area contributed by atoms with Gasteiger partial charge in [0.1, 0.15) is 0 Å². The van der Waals surface area contributed by atoms with Gasteiger partial charge in [0.15, 0.2) is 0 Å². The van der Waals surface area contributed by atoms with E-state index in [0.29, 0.717) is 0 Å². The average molecular weight is 234 g/mol. The topological polar surface area (TPSA) is 80.3 Å². The molecule has 0 aliphatic carbocycles. The maximum atomic E-state index is 8.52. The summed E-state index contributed by atoms with van der Waals surface area (Å²) >= 11 is 0. The first kappa shape index (κ1) is 29.2. The quantitative estimate of drug-likeness (QED) is 0.237. The molecule has 0 aromatic carbocycles. The summed E-state index contributed by atoms with van der Waals surface area (Å²) in [7, 11) is -5.17. The van der Waals surface area contributed by atoms with Gasteiger partial charge in [-0.25, -0.2) is 0 Å². The monoisotopic (exact) mass is 233 g/mol. The molecule has 0 saturated carbocycles. The largest absolute Gasteiger partial charge is 2.00 e. The van der Waals surface area contributed by atoms with E-state index in [-0.39, 0.29) is 138 Å². The summed E-state index contributed by atoms with van der Waals surface area (Å²) in [5, 5.41) is 0. The van der Waals surface area contributed by atoms with Gasteiger partial charge in [0.2, 0.25) is 0 Å². The third-order valence-electron chi connectivity index (χ3n) is 0. The Balaban J connectivity index is -0.0000000133. The van der Waals surface area contributed by atoms with E-state index in [1.54, 1.807) is 0 Å². The summed E-state index contributed by atoms with van der Waals surface area (Å²) in [5.41, 5.74) is 0. The number of halogens is 1. The fourth-order valence-corrected chi connectivity index (χ4v) is 0. The van der Waals surface area contributed by atoms with Crippen molar-refractivity contribution < 1.29 is 133 Å². The predicted octanol–water partition coefficient (Wildman–Crippen LogP) is -10.7. The van der Waals surface area contributed by atoms with Crippen molar-refractivity contribution in [1.29, 1.82) is 0 Å². The molecule has 0 aromatic heterocycles. The minimum atomic E-state index is -5.17. The first-order chi connectivity index (χ1) is 2.00. The Bertz CT molecular complexity index is 102. The molecule has 0 atom stereocenters. The average Bonchev–Trinajstić information content (AvgIpc) is 0.722. The van der Waals surface area contributed by atoms with Gasteiger partial charge in [-0.3, -0.25) is 8.42 Å². The molecule has 4 nitrogen and oxygen atoms in total. The third kappa shape index (κ3) is 72.0. The summed E-state index contributed by atoms with van der Waals surface area (Å²) in [4.78, 5) is 0. The van der Waals surface area contributed by atoms with Gasteiger partial charge in [0.25, 0.3) is 0 Å². The first-order valence-electron chi connectivity index (χ1n) is 0.667. The SMILES string of the molecule is O=S(=O)([O-])[O-].[Cl-].[K+].[K+].[Mg+2]. The fourth-order valence-electron chi connectivity index (χ4n) is 0. The molecule has 0 amide bonds. The summed E-state index contributed by atoms with van der Waals surface area (Å²) in [6.45, 7) is 0. The van der Waals surface area contributed by atoms with Crippen molar-refractivity contribution in [2.24, 2.45) is 0 Å². The van der Waals surface area contributed by atoms with Crippen LogP contribution in [0.1, 0.15) is 0 Å². The van der Waals surface area contributed by atoms with Crippen LogP contribution in [0.2, 0.25) is 0 Å². The zero-order valence-corrected chi connectivity index (χ0v) is 14.4. The summed E-state index contributed by atoms with van der Waals surface area (Å²) in [5.74, 6) is 0. The van der Waals surface area contributed by atoms with Crippen molar-refractivity contribution in [2.45, 2.75) is 0 Å². The fraction of sp³-hybridized carbons (Fsp3) is 0. The number of hydrogen-bond donors (Lipinski definition) is 0. The van der Waals surface area contributed by atoms with Gasteiger partial charge in [-0.15, -0.1) is 0 Å². The molecule has 0 spiro atoms. The Kier molecular flexibility index (Phi) is 47.8. The second-order valence-electron chi connectivity index (χ2n) is 0.408. The minimum absolute atomic E-state index is 0. The van der Waals surface area contributed by atoms with Gasteiger partial charge in [0.05, 0.1) is 0 Å². The normalized spacial score (nSPS) is 6.44. The molecule has 0 radical (unpaired) electrons. The Labute approximate surface area is 161 Å². The van der Waals surface area contributed by atoms with Crippen molar-refractivity contribution in [1.82, 2.24) is 0 Å². The number of hydrogen-bond acceptors (Lipinski definition) is 4. The van der Waals surface area contributed by atoms with Crippen LogP contribution in [0.5, 0.6) is 0 Å². The van der Waals surface area contributed by atoms with E-state index in [9.17, 15) is 0 Å². The van der Waals surface area contributed by atoms with Gasteiger partial charge in [-0.1, -0.05) is 0 Å². The summed E-state index contributed by atoms with van der Waals surface area (Å²) < 4.78 is 34.1. The molecule has 0 unspecified atom stereocenters. The summed E-state index contributed by atoms with van der Waals surface area (Å²) in [6, 6.07) is 0. The molecule has 0 heterocycles. The van der Waals surface area contributed by atoms with E-state index in [1.165, 1.54) is 0 Å². The Morgan fingerprint density at radius 2 is 1.00 bits per heavy atom. The molecule has 0 aliphatic heterocycles. The van der Waals surface area contributed by atoms with E-state index in [4.69, 9.17) is 17.5 Å². The maximum Gasteiger partial charge on any atom is 2.00 e. The van der Waals surface area contributed by atoms with Crippen LogP contribution in [0.3, 0.4) is 0 Å². The molecule has 0 bridgehead atoms. The van der Waals surface area contributed by atoms with Crippen LogP contribution in [0.15, 0.2) is 0 Å². The molecule has 0 fully saturated rings. The zero-order chi connectivity index (χ0) is 4.50. The Hall–Kier alpha value is 4.20. The summed E-state index contributed by atoms with van der Waals surface area (Å²) in [6.07, 6.45) is 0. The van der Waals surface area contributed by atoms with Gasteiger partial charge in [0, 0.05) is 10.4 Å². The molecule has 0 N–H and O–H groups in total. The second kappa shape index (κ2) is 14.7. The van der Waals surface area contributed by atoms with Crippen LogP contribution in [-0.4, -0.2) is 40.6 Å². The van der Waals surface area contributed by atoms with Crippen LogP contribution >= 0.6 is 0 Å². The molecule has 0 saturated heterocycles. The minimum Gasteiger partial charge on any atom is -1.00 e. The second-order valence-corrected chi connectivity index (χ2v) is 1.22. The van der Waals surface area contributed by atoms with Crippen LogP contribution in [0.4, 0.5) is 0 Å². The van der Waals surface area contributed by atoms with Gasteiger partial charge >= 0.3 is 126 Å². The van der Waals surface area contributed by atoms with E-state index in [1.807, 2.05) is 0 Å². The van der Waals surface area contributed by atoms with Gasteiger partial charge in [-0.2, -0.15) is 0 Å². The van der Waals surface area contributed by atoms with Crippen LogP contribution < -0.4 is 115 Å². The third-order valence-corrected chi connectivity index (χ3v) is 0. The molecular formula is ClK2MgO4S+. The van der Waals surface area contributed by atoms with Gasteiger partial charge in [-0.05, 0) is 0 Å². The zero-order valence-electron chi connectivity index (χ0n) is 5.13. The van der Waals surface area contributed by atoms with Gasteiger partial charge < -0.3 is 21.5 Å². The molecule has 9 heavy (non-hydrogen) atoms. The first-order valence-corrected chi connectivity index (χ1v) is 2.00. The molecular weight excluding hydrogens is 234 g/mol. The van der Waals surface area contributed by atoms with Crippen molar-refractivity contribution in [2.75, 3.05) is 0 Å². The van der Waals surface area contributed by atoms with Crippen LogP contribution in [-0.2, 0) is 10.4 Å². The van der Waals surface area contributed by atoms with Crippen molar-refractivity contribution in [3.05, 3.63) is 0 Å². The van der Waals surface area contributed by atoms with E-state index in [2.05, 4.69) is 0 Å². The smallest absolute Gasteiger partial charge is 1.00 e. The molecule has 0 rings (SSSR count). The maximum absolute atomic E-state index is 8.52. The van der Waals surface area contributed by atoms with E-state index in [0.717, 1.165) is 0 Å². The van der Waals surface area contributed by atoms with Crippen LogP contribution in [0, 0.1) is 0 Å². The molecule has 0 aliphatic rings. The standard InChI is InChI=1S/ClH.2K.Mg.H2O4S/c;;;;1-5(2,3)4/h1H;;;;(H2,1,2,3,4)/q;2*+1;+2;/p-3. The van der Waals surface area contributed by atoms with Crippen molar-refractivity contribution in [3.8, 4) is 0 Å². The van der Waals surface area contributed by atoms with Crippen LogP contribution in [0.25, 0.3) is 0 Å². The molecule has 0 aromatic rings.